The highest BCUT2D eigenvalue weighted by atomic mass is 32.3. The van der Waals surface area contributed by atoms with E-state index in [0.29, 0.717) is 0 Å². The molecule has 74 heavy (non-hydrogen) atoms. The molecule has 2 aliphatic carbocycles. The van der Waals surface area contributed by atoms with Crippen LogP contribution in [0.2, 0.25) is 0 Å². The van der Waals surface area contributed by atoms with Gasteiger partial charge >= 0.3 is 20.8 Å². The molecule has 28 atom stereocenters. The van der Waals surface area contributed by atoms with E-state index in [1.165, 1.54) is 0 Å². The number of ether oxygens (including phenoxy) is 8. The summed E-state index contributed by atoms with van der Waals surface area (Å²) >= 11 is 0. The van der Waals surface area contributed by atoms with E-state index in [4.69, 9.17) is 130 Å². The predicted octanol–water partition coefficient (Wildman–Crippen LogP) is -13.9. The molecule has 36 nitrogen and oxygen atoms in total. The number of rotatable bonds is 12. The Bertz CT molecular complexity index is 1740. The molecule has 0 radical (unpaired) electrons. The highest BCUT2D eigenvalue weighted by Crippen LogP contribution is 2.33. The third-order valence-electron chi connectivity index (χ3n) is 12.8. The monoisotopic (exact) mass is 1130 g/mol. The first-order valence-corrected chi connectivity index (χ1v) is 25.7. The Labute approximate surface area is 424 Å². The number of nitrogens with two attached hydrogens (primary N) is 10. The molecule has 6 rings (SSSR count). The Morgan fingerprint density at radius 2 is 0.622 bits per heavy atom. The second-order valence-corrected chi connectivity index (χ2v) is 20.3. The minimum atomic E-state index is -4.67. The average molecular weight is 1130 g/mol. The van der Waals surface area contributed by atoms with Crippen LogP contribution in [-0.2, 0) is 58.7 Å². The summed E-state index contributed by atoms with van der Waals surface area (Å²) in [7, 11) is -9.33. The van der Waals surface area contributed by atoms with Gasteiger partial charge in [0.2, 0.25) is 0 Å². The SMILES string of the molecule is NC[C@H]1O[C@H](O[C@H]2[C@H](O)[C@@H](O[C@H]3O[C@H](CO)[C@@H](O)[C@H](N)[C@H]3O)[C@H](N)C[C@@H]2N)[C@H](N)C[C@@H]1O.NC[C@H]1O[C@H](O[C@H]2[C@H](O)[C@@H](O[C@H]3O[C@H](CO)[C@@H](O)[C@H](N)[C@H]3O)[C@H](N)C[C@@H]2N)[C@H](N)C[C@@H]1O.O=S(=O)(O)O.O=S(=O)(O)O. The number of hydrogen-bond donors (Lipinski definition) is 24. The molecule has 38 heteroatoms. The summed E-state index contributed by atoms with van der Waals surface area (Å²) in [6.07, 6.45) is -21.5. The second kappa shape index (κ2) is 29.2. The van der Waals surface area contributed by atoms with Gasteiger partial charge in [0, 0.05) is 37.3 Å². The zero-order valence-corrected chi connectivity index (χ0v) is 41.2. The van der Waals surface area contributed by atoms with Gasteiger partial charge < -0.3 is 146 Å². The van der Waals surface area contributed by atoms with Crippen LogP contribution in [0.4, 0.5) is 0 Å². The standard InChI is InChI=1S/2C18H37N5O9.2H2O4S/c2*19-3-9-8(25)2-7(22)17(29-9)31-15-5(20)1-6(21)16(14(15)28)32-18-13(27)11(23)12(26)10(4-24)30-18;2*1-5(2,3)4/h2*5-18,24-28H,1-4,19-23H2;2*(H2,1,2,3,4)/t2*5-,6+,7+,8-,9+,10+,11-,12+,13+,14-,15+,16-,17+,18+;;/m00../s1. The lowest BCUT2D eigenvalue weighted by Gasteiger charge is -2.47. The third-order valence-corrected chi connectivity index (χ3v) is 12.8. The van der Waals surface area contributed by atoms with Crippen molar-refractivity contribution in [3.8, 4) is 0 Å². The van der Waals surface area contributed by atoms with Crippen LogP contribution in [0.1, 0.15) is 25.7 Å². The van der Waals surface area contributed by atoms with Crippen LogP contribution in [0.5, 0.6) is 0 Å². The number of aliphatic hydroxyl groups is 10. The number of hydrogen-bond acceptors (Lipinski definition) is 32. The van der Waals surface area contributed by atoms with Gasteiger partial charge in [-0.1, -0.05) is 0 Å². The fourth-order valence-electron chi connectivity index (χ4n) is 8.86. The van der Waals surface area contributed by atoms with Crippen molar-refractivity contribution in [3.05, 3.63) is 0 Å². The maximum Gasteiger partial charge on any atom is 0.394 e. The van der Waals surface area contributed by atoms with E-state index in [2.05, 4.69) is 0 Å². The molecular weight excluding hydrogens is 1050 g/mol. The molecule has 0 amide bonds. The van der Waals surface area contributed by atoms with Crippen molar-refractivity contribution in [1.29, 1.82) is 0 Å². The van der Waals surface area contributed by atoms with E-state index in [1.807, 2.05) is 0 Å². The molecule has 0 unspecified atom stereocenters. The van der Waals surface area contributed by atoms with Crippen molar-refractivity contribution >= 4 is 20.8 Å². The summed E-state index contributed by atoms with van der Waals surface area (Å²) in [5.41, 5.74) is 59.5. The fourth-order valence-corrected chi connectivity index (χ4v) is 8.86. The maximum atomic E-state index is 11.0. The van der Waals surface area contributed by atoms with Crippen LogP contribution in [0.25, 0.3) is 0 Å². The molecule has 0 aromatic rings. The third kappa shape index (κ3) is 18.9. The zero-order chi connectivity index (χ0) is 56.5. The maximum absolute atomic E-state index is 11.0. The van der Waals surface area contributed by atoms with Crippen molar-refractivity contribution in [2.45, 2.75) is 197 Å². The Hall–Kier alpha value is -1.38. The average Bonchev–Trinajstić information content (AvgIpc) is 3.29. The summed E-state index contributed by atoms with van der Waals surface area (Å²) in [4.78, 5) is 0. The molecule has 0 aromatic heterocycles. The molecule has 6 fully saturated rings. The van der Waals surface area contributed by atoms with Crippen molar-refractivity contribution in [2.24, 2.45) is 57.3 Å². The van der Waals surface area contributed by atoms with Crippen LogP contribution in [-0.4, -0.2) is 284 Å². The van der Waals surface area contributed by atoms with Gasteiger partial charge in [-0.05, 0) is 25.7 Å². The summed E-state index contributed by atoms with van der Waals surface area (Å²) in [6.45, 7) is -0.998. The van der Waals surface area contributed by atoms with E-state index >= 15 is 0 Å². The summed E-state index contributed by atoms with van der Waals surface area (Å²) in [5.74, 6) is 0. The molecule has 6 aliphatic rings. The lowest BCUT2D eigenvalue weighted by atomic mass is 9.84. The van der Waals surface area contributed by atoms with E-state index in [-0.39, 0.29) is 38.8 Å². The van der Waals surface area contributed by atoms with Gasteiger partial charge in [0.15, 0.2) is 25.2 Å². The minimum absolute atomic E-state index is 0.0542. The normalized spacial score (nSPS) is 47.1. The van der Waals surface area contributed by atoms with Gasteiger partial charge in [0.1, 0.15) is 73.2 Å². The van der Waals surface area contributed by atoms with E-state index in [0.717, 1.165) is 0 Å². The highest BCUT2D eigenvalue weighted by Gasteiger charge is 2.52. The molecule has 4 aliphatic heterocycles. The van der Waals surface area contributed by atoms with Crippen LogP contribution < -0.4 is 57.3 Å². The van der Waals surface area contributed by atoms with Gasteiger partial charge in [-0.15, -0.1) is 0 Å². The summed E-state index contributed by atoms with van der Waals surface area (Å²) in [5, 5.41) is 101. The first-order valence-electron chi connectivity index (χ1n) is 22.9. The molecule has 0 aromatic carbocycles. The van der Waals surface area contributed by atoms with Crippen molar-refractivity contribution < 1.29 is 124 Å². The highest BCUT2D eigenvalue weighted by molar-refractivity contribution is 7.80. The van der Waals surface area contributed by atoms with E-state index < -0.39 is 205 Å². The molecule has 4 saturated heterocycles. The predicted molar refractivity (Wildman–Crippen MR) is 245 cm³/mol. The molecule has 440 valence electrons. The smallest absolute Gasteiger partial charge is 0.394 e. The molecule has 0 bridgehead atoms. The zero-order valence-electron chi connectivity index (χ0n) is 39.6. The molecular formula is C36H78N10O26S2. The lowest BCUT2D eigenvalue weighted by Crippen LogP contribution is -2.68. The Morgan fingerprint density at radius 1 is 0.378 bits per heavy atom. The molecule has 4 heterocycles. The molecule has 34 N–H and O–H groups in total. The quantitative estimate of drug-likeness (QED) is 0.0807. The molecule has 0 spiro atoms. The van der Waals surface area contributed by atoms with Gasteiger partial charge in [-0.25, -0.2) is 0 Å². The summed E-state index contributed by atoms with van der Waals surface area (Å²) < 4.78 is 109. The Kier molecular flexibility index (Phi) is 26.4. The van der Waals surface area contributed by atoms with Gasteiger partial charge in [-0.3, -0.25) is 18.2 Å². The van der Waals surface area contributed by atoms with Crippen molar-refractivity contribution in [1.82, 2.24) is 0 Å². The van der Waals surface area contributed by atoms with Gasteiger partial charge in [0.05, 0.1) is 61.8 Å². The largest absolute Gasteiger partial charge is 0.394 e. The van der Waals surface area contributed by atoms with Crippen molar-refractivity contribution in [3.63, 3.8) is 0 Å². The van der Waals surface area contributed by atoms with Gasteiger partial charge in [0.25, 0.3) is 0 Å². The number of aliphatic hydroxyl groups excluding tert-OH is 10. The van der Waals surface area contributed by atoms with E-state index in [9.17, 15) is 51.1 Å². The van der Waals surface area contributed by atoms with E-state index in [1.54, 1.807) is 0 Å². The lowest BCUT2D eigenvalue weighted by molar-refractivity contribution is -0.314. The summed E-state index contributed by atoms with van der Waals surface area (Å²) in [6, 6.07) is -6.53. The minimum Gasteiger partial charge on any atom is -0.394 e. The Balaban J connectivity index is 0.000000330. The van der Waals surface area contributed by atoms with Crippen molar-refractivity contribution in [2.75, 3.05) is 26.3 Å². The first-order chi connectivity index (χ1) is 34.2. The molecule has 2 saturated carbocycles. The second-order valence-electron chi connectivity index (χ2n) is 18.5. The van der Waals surface area contributed by atoms with Crippen LogP contribution in [0.15, 0.2) is 0 Å². The van der Waals surface area contributed by atoms with Crippen LogP contribution in [0.3, 0.4) is 0 Å². The first kappa shape index (κ1) is 66.9. The Morgan fingerprint density at radius 3 is 0.865 bits per heavy atom. The van der Waals surface area contributed by atoms with Crippen LogP contribution in [0, 0.1) is 0 Å². The fraction of sp³-hybridized carbons (Fsp3) is 1.00. The van der Waals surface area contributed by atoms with Crippen LogP contribution >= 0.6 is 0 Å². The van der Waals surface area contributed by atoms with Gasteiger partial charge in [-0.2, -0.15) is 16.8 Å². The topological polar surface area (TPSA) is 686 Å².